The van der Waals surface area contributed by atoms with Crippen molar-refractivity contribution in [3.63, 3.8) is 0 Å². The fourth-order valence-electron chi connectivity index (χ4n) is 4.07. The third-order valence-electron chi connectivity index (χ3n) is 5.75. The monoisotopic (exact) mass is 566 g/mol. The molecule has 2 aromatic rings. The molecule has 0 spiro atoms. The van der Waals surface area contributed by atoms with Crippen molar-refractivity contribution in [3.8, 4) is 0 Å². The summed E-state index contributed by atoms with van der Waals surface area (Å²) in [5.74, 6) is 0.823. The number of likely N-dealkylation sites (tertiary alicyclic amines) is 1. The van der Waals surface area contributed by atoms with Crippen LogP contribution in [0.3, 0.4) is 0 Å². The van der Waals surface area contributed by atoms with E-state index in [4.69, 9.17) is 9.47 Å². The normalized spacial score (nSPS) is 15.2. The van der Waals surface area contributed by atoms with Crippen LogP contribution in [0.4, 0.5) is 0 Å². The summed E-state index contributed by atoms with van der Waals surface area (Å²) >= 11 is 0. The van der Waals surface area contributed by atoms with Crippen LogP contribution in [-0.4, -0.2) is 57.4 Å². The molecule has 0 aliphatic carbocycles. The van der Waals surface area contributed by atoms with Crippen molar-refractivity contribution in [2.75, 3.05) is 46.5 Å². The van der Waals surface area contributed by atoms with Gasteiger partial charge in [-0.2, -0.15) is 0 Å². The van der Waals surface area contributed by atoms with Gasteiger partial charge in [-0.25, -0.2) is 0 Å². The van der Waals surface area contributed by atoms with E-state index in [1.165, 1.54) is 29.5 Å². The molecule has 2 N–H and O–H groups in total. The van der Waals surface area contributed by atoms with Crippen LogP contribution in [0.15, 0.2) is 59.6 Å². The molecule has 33 heavy (non-hydrogen) atoms. The first-order valence-corrected chi connectivity index (χ1v) is 11.8. The fraction of sp³-hybridized carbons (Fsp3) is 0.500. The molecule has 1 aliphatic rings. The molecule has 1 aliphatic heterocycles. The van der Waals surface area contributed by atoms with Gasteiger partial charge < -0.3 is 20.1 Å². The van der Waals surface area contributed by atoms with Crippen molar-refractivity contribution in [1.82, 2.24) is 15.5 Å². The summed E-state index contributed by atoms with van der Waals surface area (Å²) in [6.45, 7) is 8.44. The number of halogens is 1. The number of nitrogens with zero attached hydrogens (tertiary/aromatic N) is 2. The minimum absolute atomic E-state index is 0. The number of aliphatic imine (C=N–C) groups is 1. The highest BCUT2D eigenvalue weighted by Crippen LogP contribution is 2.24. The second-order valence-corrected chi connectivity index (χ2v) is 8.05. The Labute approximate surface area is 216 Å². The Morgan fingerprint density at radius 2 is 1.70 bits per heavy atom. The maximum absolute atomic E-state index is 5.69. The Hall–Kier alpha value is -1.68. The van der Waals surface area contributed by atoms with Gasteiger partial charge in [0.2, 0.25) is 0 Å². The number of hydrogen-bond donors (Lipinski definition) is 2. The van der Waals surface area contributed by atoms with Gasteiger partial charge in [0.1, 0.15) is 0 Å². The first kappa shape index (κ1) is 27.6. The van der Waals surface area contributed by atoms with E-state index in [0.717, 1.165) is 32.2 Å². The van der Waals surface area contributed by atoms with Crippen LogP contribution in [0, 0.1) is 0 Å². The van der Waals surface area contributed by atoms with E-state index in [1.54, 1.807) is 0 Å². The zero-order valence-corrected chi connectivity index (χ0v) is 22.3. The van der Waals surface area contributed by atoms with E-state index in [2.05, 4.69) is 75.1 Å². The molecule has 6 nitrogen and oxygen atoms in total. The van der Waals surface area contributed by atoms with Crippen molar-refractivity contribution in [2.24, 2.45) is 4.99 Å². The molecule has 0 amide bonds. The third-order valence-corrected chi connectivity index (χ3v) is 5.75. The number of ether oxygens (including phenoxy) is 2. The lowest BCUT2D eigenvalue weighted by Gasteiger charge is -2.29. The number of guanidine groups is 1. The van der Waals surface area contributed by atoms with Crippen LogP contribution in [0.25, 0.3) is 0 Å². The first-order valence-electron chi connectivity index (χ1n) is 11.8. The lowest BCUT2D eigenvalue weighted by Crippen LogP contribution is -2.42. The second-order valence-electron chi connectivity index (χ2n) is 8.05. The fourth-order valence-corrected chi connectivity index (χ4v) is 4.07. The molecule has 7 heteroatoms. The van der Waals surface area contributed by atoms with Crippen LogP contribution in [-0.2, 0) is 22.6 Å². The van der Waals surface area contributed by atoms with Crippen molar-refractivity contribution in [3.05, 3.63) is 71.3 Å². The largest absolute Gasteiger partial charge is 0.379 e. The molecule has 0 bridgehead atoms. The molecular formula is C26H39IN4O2. The van der Waals surface area contributed by atoms with Gasteiger partial charge in [-0.05, 0) is 49.5 Å². The summed E-state index contributed by atoms with van der Waals surface area (Å²) in [7, 11) is 1.82. The van der Waals surface area contributed by atoms with Gasteiger partial charge in [0.15, 0.2) is 5.96 Å². The molecule has 1 unspecified atom stereocenters. The number of hydrogen-bond acceptors (Lipinski definition) is 4. The van der Waals surface area contributed by atoms with Crippen molar-refractivity contribution in [1.29, 1.82) is 0 Å². The summed E-state index contributed by atoms with van der Waals surface area (Å²) < 4.78 is 11.0. The summed E-state index contributed by atoms with van der Waals surface area (Å²) in [6.07, 6.45) is 2.56. The maximum Gasteiger partial charge on any atom is 0.191 e. The van der Waals surface area contributed by atoms with E-state index < -0.39 is 0 Å². The first-order chi connectivity index (χ1) is 15.8. The van der Waals surface area contributed by atoms with E-state index in [9.17, 15) is 0 Å². The Bertz CT molecular complexity index is 813. The summed E-state index contributed by atoms with van der Waals surface area (Å²) in [5, 5.41) is 7.00. The molecule has 182 valence electrons. The number of nitrogens with one attached hydrogen (secondary N) is 2. The number of rotatable bonds is 12. The van der Waals surface area contributed by atoms with E-state index in [1.807, 2.05) is 14.0 Å². The van der Waals surface area contributed by atoms with Gasteiger partial charge in [0, 0.05) is 26.7 Å². The van der Waals surface area contributed by atoms with Crippen molar-refractivity contribution in [2.45, 2.75) is 39.0 Å². The number of benzene rings is 2. The standard InChI is InChI=1S/C26H38N4O2.HI/c1-3-31-16-17-32-21-23-11-9-10-22(18-23)19-28-26(27-2)29-20-25(30-14-7-8-15-30)24-12-5-4-6-13-24;/h4-6,9-13,18,25H,3,7-8,14-17,19-21H2,1-2H3,(H2,27,28,29);1H. The Balaban J connectivity index is 0.00000385. The molecule has 0 radical (unpaired) electrons. The Morgan fingerprint density at radius 1 is 0.970 bits per heavy atom. The topological polar surface area (TPSA) is 58.1 Å². The van der Waals surface area contributed by atoms with E-state index in [0.29, 0.717) is 32.4 Å². The van der Waals surface area contributed by atoms with Crippen LogP contribution in [0.1, 0.15) is 42.5 Å². The van der Waals surface area contributed by atoms with Crippen LogP contribution in [0.5, 0.6) is 0 Å². The zero-order chi connectivity index (χ0) is 22.4. The predicted molar refractivity (Wildman–Crippen MR) is 146 cm³/mol. The van der Waals surface area contributed by atoms with Gasteiger partial charge in [0.05, 0.1) is 25.9 Å². The third kappa shape index (κ3) is 9.60. The Kier molecular flexibility index (Phi) is 13.4. The molecule has 0 aromatic heterocycles. The average molecular weight is 567 g/mol. The molecule has 1 saturated heterocycles. The quantitative estimate of drug-likeness (QED) is 0.173. The smallest absolute Gasteiger partial charge is 0.191 e. The molecule has 1 fully saturated rings. The van der Waals surface area contributed by atoms with Crippen molar-refractivity contribution >= 4 is 29.9 Å². The van der Waals surface area contributed by atoms with Crippen molar-refractivity contribution < 1.29 is 9.47 Å². The highest BCUT2D eigenvalue weighted by atomic mass is 127. The van der Waals surface area contributed by atoms with Gasteiger partial charge in [-0.3, -0.25) is 9.89 Å². The van der Waals surface area contributed by atoms with Gasteiger partial charge in [0.25, 0.3) is 0 Å². The molecule has 2 aromatic carbocycles. The van der Waals surface area contributed by atoms with Gasteiger partial charge >= 0.3 is 0 Å². The lowest BCUT2D eigenvalue weighted by atomic mass is 10.1. The predicted octanol–water partition coefficient (Wildman–Crippen LogP) is 4.36. The van der Waals surface area contributed by atoms with Crippen LogP contribution in [0.2, 0.25) is 0 Å². The molecule has 1 heterocycles. The van der Waals surface area contributed by atoms with Crippen LogP contribution < -0.4 is 10.6 Å². The molecule has 1 atom stereocenters. The minimum atomic E-state index is 0. The highest BCUT2D eigenvalue weighted by Gasteiger charge is 2.23. The summed E-state index contributed by atoms with van der Waals surface area (Å²) in [5.41, 5.74) is 3.73. The van der Waals surface area contributed by atoms with Crippen LogP contribution >= 0.6 is 24.0 Å². The highest BCUT2D eigenvalue weighted by molar-refractivity contribution is 14.0. The van der Waals surface area contributed by atoms with E-state index >= 15 is 0 Å². The summed E-state index contributed by atoms with van der Waals surface area (Å²) in [4.78, 5) is 7.01. The van der Waals surface area contributed by atoms with Gasteiger partial charge in [-0.15, -0.1) is 24.0 Å². The summed E-state index contributed by atoms with van der Waals surface area (Å²) in [6, 6.07) is 19.6. The minimum Gasteiger partial charge on any atom is -0.379 e. The second kappa shape index (κ2) is 16.0. The van der Waals surface area contributed by atoms with Gasteiger partial charge in [-0.1, -0.05) is 54.6 Å². The zero-order valence-electron chi connectivity index (χ0n) is 20.0. The molecular weight excluding hydrogens is 527 g/mol. The molecule has 0 saturated carbocycles. The molecule has 3 rings (SSSR count). The lowest BCUT2D eigenvalue weighted by molar-refractivity contribution is 0.0453. The average Bonchev–Trinajstić information content (AvgIpc) is 3.37. The SMILES string of the molecule is CCOCCOCc1cccc(CNC(=NC)NCC(c2ccccc2)N2CCCC2)c1.I. The van der Waals surface area contributed by atoms with E-state index in [-0.39, 0.29) is 24.0 Å². The maximum atomic E-state index is 5.69. The Morgan fingerprint density at radius 3 is 2.42 bits per heavy atom.